The molecule has 0 aromatic rings. The third kappa shape index (κ3) is 2.97. The average molecular weight is 186 g/mol. The lowest BCUT2D eigenvalue weighted by atomic mass is 10.1. The van der Waals surface area contributed by atoms with Crippen molar-refractivity contribution in [2.24, 2.45) is 11.7 Å². The van der Waals surface area contributed by atoms with Gasteiger partial charge in [0.1, 0.15) is 0 Å². The Bertz CT molecular complexity index is 182. The number of hydrogen-bond acceptors (Lipinski definition) is 3. The standard InChI is InChI=1S/C9H18N2O2/c1-6(10)9(13)11-5-7-3-2-4-8(7)12/h6-8,12H,2-5,10H2,1H3,(H,11,13). The number of nitrogens with one attached hydrogen (secondary N) is 1. The van der Waals surface area contributed by atoms with Crippen LogP contribution in [0.4, 0.5) is 0 Å². The molecule has 0 radical (unpaired) electrons. The molecule has 1 saturated carbocycles. The van der Waals surface area contributed by atoms with Gasteiger partial charge in [0.15, 0.2) is 0 Å². The van der Waals surface area contributed by atoms with E-state index in [1.165, 1.54) is 0 Å². The highest BCUT2D eigenvalue weighted by atomic mass is 16.3. The first kappa shape index (κ1) is 10.5. The highest BCUT2D eigenvalue weighted by Crippen LogP contribution is 2.24. The Labute approximate surface area is 78.5 Å². The van der Waals surface area contributed by atoms with Crippen LogP contribution in [0, 0.1) is 5.92 Å². The van der Waals surface area contributed by atoms with Crippen molar-refractivity contribution < 1.29 is 9.90 Å². The van der Waals surface area contributed by atoms with Crippen molar-refractivity contribution in [3.8, 4) is 0 Å². The molecular formula is C9H18N2O2. The largest absolute Gasteiger partial charge is 0.393 e. The van der Waals surface area contributed by atoms with E-state index in [-0.39, 0.29) is 17.9 Å². The van der Waals surface area contributed by atoms with Crippen LogP contribution < -0.4 is 11.1 Å². The molecule has 0 bridgehead atoms. The van der Waals surface area contributed by atoms with Crippen molar-refractivity contribution in [3.63, 3.8) is 0 Å². The van der Waals surface area contributed by atoms with Crippen LogP contribution in [0.2, 0.25) is 0 Å². The first-order valence-electron chi connectivity index (χ1n) is 4.82. The Hall–Kier alpha value is -0.610. The van der Waals surface area contributed by atoms with E-state index in [1.54, 1.807) is 6.92 Å². The van der Waals surface area contributed by atoms with Gasteiger partial charge in [0.25, 0.3) is 0 Å². The van der Waals surface area contributed by atoms with Crippen LogP contribution in [0.3, 0.4) is 0 Å². The van der Waals surface area contributed by atoms with Crippen molar-refractivity contribution >= 4 is 5.91 Å². The maximum Gasteiger partial charge on any atom is 0.236 e. The highest BCUT2D eigenvalue weighted by molar-refractivity contribution is 5.80. The summed E-state index contributed by atoms with van der Waals surface area (Å²) in [4.78, 5) is 11.1. The molecule has 1 amide bonds. The third-order valence-electron chi connectivity index (χ3n) is 2.57. The topological polar surface area (TPSA) is 75.4 Å². The summed E-state index contributed by atoms with van der Waals surface area (Å²) in [5, 5.41) is 12.2. The molecule has 3 unspecified atom stereocenters. The number of aliphatic hydroxyl groups is 1. The fraction of sp³-hybridized carbons (Fsp3) is 0.889. The van der Waals surface area contributed by atoms with Crippen molar-refractivity contribution in [3.05, 3.63) is 0 Å². The number of carbonyl (C=O) groups is 1. The van der Waals surface area contributed by atoms with Gasteiger partial charge < -0.3 is 16.2 Å². The van der Waals surface area contributed by atoms with E-state index >= 15 is 0 Å². The van der Waals surface area contributed by atoms with E-state index < -0.39 is 6.04 Å². The van der Waals surface area contributed by atoms with E-state index in [1.807, 2.05) is 0 Å². The lowest BCUT2D eigenvalue weighted by Crippen LogP contribution is -2.41. The fourth-order valence-electron chi connectivity index (χ4n) is 1.65. The summed E-state index contributed by atoms with van der Waals surface area (Å²) in [6, 6.07) is -0.460. The summed E-state index contributed by atoms with van der Waals surface area (Å²) in [7, 11) is 0. The summed E-state index contributed by atoms with van der Waals surface area (Å²) in [6.45, 7) is 2.21. The Morgan fingerprint density at radius 2 is 2.38 bits per heavy atom. The summed E-state index contributed by atoms with van der Waals surface area (Å²) in [5.74, 6) is 0.0850. The second kappa shape index (κ2) is 4.58. The molecular weight excluding hydrogens is 168 g/mol. The van der Waals surface area contributed by atoms with Crippen LogP contribution in [-0.2, 0) is 4.79 Å². The summed E-state index contributed by atoms with van der Waals surface area (Å²) in [5.41, 5.74) is 5.38. The van der Waals surface area contributed by atoms with Crippen LogP contribution in [0.15, 0.2) is 0 Å². The predicted molar refractivity (Wildman–Crippen MR) is 50.0 cm³/mol. The molecule has 4 heteroatoms. The molecule has 1 aliphatic rings. The summed E-state index contributed by atoms with van der Waals surface area (Å²) in [6.07, 6.45) is 2.67. The molecule has 0 aliphatic heterocycles. The zero-order valence-electron chi connectivity index (χ0n) is 7.99. The SMILES string of the molecule is CC(N)C(=O)NCC1CCCC1O. The van der Waals surface area contributed by atoms with Gasteiger partial charge in [0.2, 0.25) is 5.91 Å². The average Bonchev–Trinajstić information content (AvgIpc) is 2.47. The molecule has 0 heterocycles. The second-order valence-corrected chi connectivity index (χ2v) is 3.79. The van der Waals surface area contributed by atoms with Gasteiger partial charge in [-0.05, 0) is 19.8 Å². The predicted octanol–water partition coefficient (Wildman–Crippen LogP) is -0.389. The summed E-state index contributed by atoms with van der Waals surface area (Å²) < 4.78 is 0. The molecule has 0 spiro atoms. The van der Waals surface area contributed by atoms with Gasteiger partial charge in [-0.3, -0.25) is 4.79 Å². The maximum atomic E-state index is 11.1. The van der Waals surface area contributed by atoms with E-state index in [0.717, 1.165) is 19.3 Å². The van der Waals surface area contributed by atoms with E-state index in [9.17, 15) is 9.90 Å². The zero-order chi connectivity index (χ0) is 9.84. The number of rotatable bonds is 3. The molecule has 0 aromatic carbocycles. The van der Waals surface area contributed by atoms with Gasteiger partial charge in [0.05, 0.1) is 12.1 Å². The lowest BCUT2D eigenvalue weighted by molar-refractivity contribution is -0.122. The maximum absolute atomic E-state index is 11.1. The third-order valence-corrected chi connectivity index (χ3v) is 2.57. The van der Waals surface area contributed by atoms with Crippen molar-refractivity contribution in [1.29, 1.82) is 0 Å². The van der Waals surface area contributed by atoms with Crippen LogP contribution in [0.25, 0.3) is 0 Å². The van der Waals surface area contributed by atoms with Crippen molar-refractivity contribution in [2.45, 2.75) is 38.3 Å². The molecule has 76 valence electrons. The van der Waals surface area contributed by atoms with Gasteiger partial charge in [-0.15, -0.1) is 0 Å². The smallest absolute Gasteiger partial charge is 0.236 e. The molecule has 1 aliphatic carbocycles. The number of aliphatic hydroxyl groups excluding tert-OH is 1. The summed E-state index contributed by atoms with van der Waals surface area (Å²) >= 11 is 0. The lowest BCUT2D eigenvalue weighted by Gasteiger charge is -2.15. The molecule has 3 atom stereocenters. The Morgan fingerprint density at radius 1 is 1.69 bits per heavy atom. The molecule has 1 fully saturated rings. The minimum absolute atomic E-state index is 0.140. The van der Waals surface area contributed by atoms with Crippen molar-refractivity contribution in [2.75, 3.05) is 6.54 Å². The van der Waals surface area contributed by atoms with Gasteiger partial charge in [-0.2, -0.15) is 0 Å². The number of carbonyl (C=O) groups excluding carboxylic acids is 1. The minimum atomic E-state index is -0.460. The Morgan fingerprint density at radius 3 is 2.85 bits per heavy atom. The Kier molecular flexibility index (Phi) is 3.69. The first-order valence-corrected chi connectivity index (χ1v) is 4.82. The monoisotopic (exact) mass is 186 g/mol. The number of amides is 1. The van der Waals surface area contributed by atoms with Gasteiger partial charge in [0, 0.05) is 12.5 Å². The Balaban J connectivity index is 2.22. The normalized spacial score (nSPS) is 30.1. The van der Waals surface area contributed by atoms with Gasteiger partial charge in [-0.1, -0.05) is 6.42 Å². The first-order chi connectivity index (χ1) is 6.11. The second-order valence-electron chi connectivity index (χ2n) is 3.79. The highest BCUT2D eigenvalue weighted by Gasteiger charge is 2.25. The minimum Gasteiger partial charge on any atom is -0.393 e. The molecule has 1 rings (SSSR count). The quantitative estimate of drug-likeness (QED) is 0.562. The van der Waals surface area contributed by atoms with E-state index in [2.05, 4.69) is 5.32 Å². The van der Waals surface area contributed by atoms with Crippen LogP contribution in [0.5, 0.6) is 0 Å². The number of nitrogens with two attached hydrogens (primary N) is 1. The fourth-order valence-corrected chi connectivity index (χ4v) is 1.65. The van der Waals surface area contributed by atoms with Crippen LogP contribution >= 0.6 is 0 Å². The van der Waals surface area contributed by atoms with E-state index in [0.29, 0.717) is 6.54 Å². The molecule has 13 heavy (non-hydrogen) atoms. The van der Waals surface area contributed by atoms with Crippen LogP contribution in [-0.4, -0.2) is 29.7 Å². The van der Waals surface area contributed by atoms with Crippen molar-refractivity contribution in [1.82, 2.24) is 5.32 Å². The number of hydrogen-bond donors (Lipinski definition) is 3. The molecule has 4 nitrogen and oxygen atoms in total. The molecule has 0 aromatic heterocycles. The zero-order valence-corrected chi connectivity index (χ0v) is 7.99. The molecule has 0 saturated heterocycles. The van der Waals surface area contributed by atoms with E-state index in [4.69, 9.17) is 5.73 Å². The van der Waals surface area contributed by atoms with Gasteiger partial charge >= 0.3 is 0 Å². The molecule has 4 N–H and O–H groups in total. The van der Waals surface area contributed by atoms with Gasteiger partial charge in [-0.25, -0.2) is 0 Å². The van der Waals surface area contributed by atoms with Crippen LogP contribution in [0.1, 0.15) is 26.2 Å².